The molecular weight excluding hydrogens is 366 g/mol. The van der Waals surface area contributed by atoms with Gasteiger partial charge in [-0.2, -0.15) is 0 Å². The molecule has 2 rings (SSSR count). The fraction of sp³-hybridized carbons (Fsp3) is 0.682. The number of rotatable bonds is 11. The van der Waals surface area contributed by atoms with Gasteiger partial charge in [0.05, 0.1) is 6.61 Å². The third kappa shape index (κ3) is 9.96. The van der Waals surface area contributed by atoms with E-state index in [1.807, 2.05) is 24.3 Å². The van der Waals surface area contributed by atoms with Crippen molar-refractivity contribution in [1.29, 1.82) is 0 Å². The van der Waals surface area contributed by atoms with Gasteiger partial charge in [0.25, 0.3) is 0 Å². The lowest BCUT2D eigenvalue weighted by Crippen LogP contribution is -2.32. The summed E-state index contributed by atoms with van der Waals surface area (Å²) in [7, 11) is 3.92. The van der Waals surface area contributed by atoms with E-state index in [4.69, 9.17) is 14.5 Å². The van der Waals surface area contributed by atoms with E-state index in [1.54, 1.807) is 7.11 Å². The Morgan fingerprint density at radius 3 is 2.86 bits per heavy atom. The number of hydrogen-bond acceptors (Lipinski definition) is 5. The standard InChI is InChI=1S/C22H39N5O2/c1-4-23-22(24-11-6-13-27-14-7-12-26(2)15-16-27)25-20-9-5-10-21(19-20)29-18-8-17-28-3/h5,9-10,19H,4,6-8,11-18H2,1-3H3,(H2,23,24,25). The molecule has 0 bridgehead atoms. The van der Waals surface area contributed by atoms with Crippen LogP contribution in [0.1, 0.15) is 26.2 Å². The van der Waals surface area contributed by atoms with Gasteiger partial charge in [-0.15, -0.1) is 0 Å². The number of ether oxygens (including phenoxy) is 2. The molecule has 7 nitrogen and oxygen atoms in total. The molecule has 1 saturated heterocycles. The number of likely N-dealkylation sites (N-methyl/N-ethyl adjacent to an activating group) is 1. The Hall–Kier alpha value is -1.83. The molecule has 29 heavy (non-hydrogen) atoms. The number of guanidine groups is 1. The molecule has 1 fully saturated rings. The fourth-order valence-corrected chi connectivity index (χ4v) is 3.31. The maximum absolute atomic E-state index is 5.78. The minimum Gasteiger partial charge on any atom is -0.493 e. The highest BCUT2D eigenvalue weighted by Gasteiger charge is 2.11. The lowest BCUT2D eigenvalue weighted by atomic mass is 10.3. The Bertz CT molecular complexity index is 596. The zero-order valence-corrected chi connectivity index (χ0v) is 18.5. The molecule has 0 spiro atoms. The van der Waals surface area contributed by atoms with Crippen molar-refractivity contribution in [3.05, 3.63) is 24.3 Å². The summed E-state index contributed by atoms with van der Waals surface area (Å²) in [5, 5.41) is 6.72. The zero-order chi connectivity index (χ0) is 20.7. The van der Waals surface area contributed by atoms with E-state index in [0.29, 0.717) is 13.2 Å². The minimum absolute atomic E-state index is 0.651. The Morgan fingerprint density at radius 2 is 2.03 bits per heavy atom. The number of methoxy groups -OCH3 is 1. The predicted octanol–water partition coefficient (Wildman–Crippen LogP) is 2.51. The molecule has 0 atom stereocenters. The second-order valence-corrected chi connectivity index (χ2v) is 7.46. The molecule has 0 aliphatic carbocycles. The highest BCUT2D eigenvalue weighted by atomic mass is 16.5. The number of hydrogen-bond donors (Lipinski definition) is 2. The van der Waals surface area contributed by atoms with Crippen LogP contribution in [0.5, 0.6) is 5.75 Å². The number of aliphatic imine (C=N–C) groups is 1. The minimum atomic E-state index is 0.651. The van der Waals surface area contributed by atoms with Crippen LogP contribution in [0.4, 0.5) is 5.69 Å². The van der Waals surface area contributed by atoms with Gasteiger partial charge in [0.1, 0.15) is 5.75 Å². The molecule has 0 aromatic heterocycles. The van der Waals surface area contributed by atoms with Crippen LogP contribution < -0.4 is 15.4 Å². The van der Waals surface area contributed by atoms with Gasteiger partial charge in [0, 0.05) is 58.1 Å². The number of nitrogens with zero attached hydrogens (tertiary/aromatic N) is 3. The summed E-state index contributed by atoms with van der Waals surface area (Å²) in [5.74, 6) is 1.67. The van der Waals surface area contributed by atoms with E-state index < -0.39 is 0 Å². The molecule has 164 valence electrons. The predicted molar refractivity (Wildman–Crippen MR) is 121 cm³/mol. The van der Waals surface area contributed by atoms with E-state index in [0.717, 1.165) is 63.0 Å². The van der Waals surface area contributed by atoms with E-state index in [9.17, 15) is 0 Å². The largest absolute Gasteiger partial charge is 0.493 e. The molecule has 0 radical (unpaired) electrons. The Morgan fingerprint density at radius 1 is 1.14 bits per heavy atom. The third-order valence-corrected chi connectivity index (χ3v) is 4.92. The molecule has 0 saturated carbocycles. The van der Waals surface area contributed by atoms with Gasteiger partial charge in [-0.3, -0.25) is 4.99 Å². The van der Waals surface area contributed by atoms with Gasteiger partial charge >= 0.3 is 0 Å². The maximum atomic E-state index is 5.78. The maximum Gasteiger partial charge on any atom is 0.195 e. The molecule has 1 heterocycles. The topological polar surface area (TPSA) is 61.4 Å². The Kier molecular flexibility index (Phi) is 11.5. The van der Waals surface area contributed by atoms with Gasteiger partial charge in [-0.1, -0.05) is 6.07 Å². The summed E-state index contributed by atoms with van der Waals surface area (Å²) in [6.45, 7) is 10.9. The van der Waals surface area contributed by atoms with Crippen LogP contribution in [-0.2, 0) is 4.74 Å². The van der Waals surface area contributed by atoms with E-state index in [2.05, 4.69) is 34.4 Å². The molecule has 7 heteroatoms. The third-order valence-electron chi connectivity index (χ3n) is 4.92. The zero-order valence-electron chi connectivity index (χ0n) is 18.5. The van der Waals surface area contributed by atoms with Crippen molar-refractivity contribution in [2.24, 2.45) is 4.99 Å². The summed E-state index contributed by atoms with van der Waals surface area (Å²) < 4.78 is 10.8. The normalized spacial score (nSPS) is 16.4. The van der Waals surface area contributed by atoms with E-state index in [1.165, 1.54) is 19.5 Å². The molecular formula is C22H39N5O2. The van der Waals surface area contributed by atoms with Crippen molar-refractivity contribution in [2.75, 3.05) is 78.5 Å². The summed E-state index contributed by atoms with van der Waals surface area (Å²) in [5.41, 5.74) is 0.976. The van der Waals surface area contributed by atoms with Crippen LogP contribution in [0.2, 0.25) is 0 Å². The van der Waals surface area contributed by atoms with Gasteiger partial charge in [0.15, 0.2) is 5.96 Å². The average molecular weight is 406 g/mol. The smallest absolute Gasteiger partial charge is 0.195 e. The SMILES string of the molecule is CCNC(=NCCCN1CCCN(C)CC1)Nc1cccc(OCCCOC)c1. The lowest BCUT2D eigenvalue weighted by molar-refractivity contribution is 0.172. The van der Waals surface area contributed by atoms with Gasteiger partial charge in [-0.05, 0) is 58.6 Å². The quantitative estimate of drug-likeness (QED) is 0.335. The first-order valence-corrected chi connectivity index (χ1v) is 10.9. The number of benzene rings is 1. The van der Waals surface area contributed by atoms with Crippen LogP contribution in [0.3, 0.4) is 0 Å². The number of anilines is 1. The number of nitrogens with one attached hydrogen (secondary N) is 2. The van der Waals surface area contributed by atoms with Crippen LogP contribution in [0, 0.1) is 0 Å². The molecule has 1 aromatic carbocycles. The summed E-state index contributed by atoms with van der Waals surface area (Å²) in [6, 6.07) is 8.00. The van der Waals surface area contributed by atoms with Gasteiger partial charge < -0.3 is 29.9 Å². The molecule has 2 N–H and O–H groups in total. The molecule has 1 aromatic rings. The summed E-state index contributed by atoms with van der Waals surface area (Å²) in [6.07, 6.45) is 3.21. The van der Waals surface area contributed by atoms with Crippen LogP contribution in [0.25, 0.3) is 0 Å². The van der Waals surface area contributed by atoms with Crippen molar-refractivity contribution in [2.45, 2.75) is 26.2 Å². The van der Waals surface area contributed by atoms with E-state index >= 15 is 0 Å². The lowest BCUT2D eigenvalue weighted by Gasteiger charge is -2.19. The Balaban J connectivity index is 1.79. The van der Waals surface area contributed by atoms with E-state index in [-0.39, 0.29) is 0 Å². The van der Waals surface area contributed by atoms with Crippen LogP contribution >= 0.6 is 0 Å². The molecule has 1 aliphatic rings. The van der Waals surface area contributed by atoms with Crippen molar-refractivity contribution < 1.29 is 9.47 Å². The van der Waals surface area contributed by atoms with Crippen molar-refractivity contribution in [3.8, 4) is 5.75 Å². The first-order valence-electron chi connectivity index (χ1n) is 10.9. The molecule has 0 unspecified atom stereocenters. The first-order chi connectivity index (χ1) is 14.2. The first kappa shape index (κ1) is 23.4. The van der Waals surface area contributed by atoms with Crippen molar-refractivity contribution in [1.82, 2.24) is 15.1 Å². The van der Waals surface area contributed by atoms with Gasteiger partial charge in [-0.25, -0.2) is 0 Å². The van der Waals surface area contributed by atoms with Gasteiger partial charge in [0.2, 0.25) is 0 Å². The van der Waals surface area contributed by atoms with Crippen molar-refractivity contribution >= 4 is 11.6 Å². The molecule has 0 amide bonds. The average Bonchev–Trinajstić information content (AvgIpc) is 2.93. The van der Waals surface area contributed by atoms with Crippen LogP contribution in [0.15, 0.2) is 29.3 Å². The molecule has 1 aliphatic heterocycles. The second kappa shape index (κ2) is 14.2. The Labute approximate surface area is 176 Å². The monoisotopic (exact) mass is 405 g/mol. The summed E-state index contributed by atoms with van der Waals surface area (Å²) >= 11 is 0. The fourth-order valence-electron chi connectivity index (χ4n) is 3.31. The second-order valence-electron chi connectivity index (χ2n) is 7.46. The highest BCUT2D eigenvalue weighted by molar-refractivity contribution is 5.93. The van der Waals surface area contributed by atoms with Crippen molar-refractivity contribution in [3.63, 3.8) is 0 Å². The highest BCUT2D eigenvalue weighted by Crippen LogP contribution is 2.17. The van der Waals surface area contributed by atoms with Crippen LogP contribution in [-0.4, -0.2) is 88.9 Å². The summed E-state index contributed by atoms with van der Waals surface area (Å²) in [4.78, 5) is 9.72.